The predicted octanol–water partition coefficient (Wildman–Crippen LogP) is -6.44. The molecule has 0 spiro atoms. The van der Waals surface area contributed by atoms with Crippen LogP contribution in [-0.4, -0.2) is 24.8 Å². The van der Waals surface area contributed by atoms with Crippen LogP contribution in [0, 0.1) is 0 Å². The van der Waals surface area contributed by atoms with Crippen molar-refractivity contribution in [3.63, 3.8) is 0 Å². The van der Waals surface area contributed by atoms with Gasteiger partial charge in [0.2, 0.25) is 0 Å². The number of hydrogen-bond acceptors (Lipinski definition) is 5. The van der Waals surface area contributed by atoms with E-state index in [-0.39, 0.29) is 71.7 Å². The molecule has 1 rings (SSSR count). The van der Waals surface area contributed by atoms with Crippen molar-refractivity contribution in [2.24, 2.45) is 0 Å². The molecule has 2 atom stereocenters. The molecular formula is C12H16NNa2O4P. The molecule has 0 fully saturated rings. The second kappa shape index (κ2) is 11.4. The van der Waals surface area contributed by atoms with E-state index < -0.39 is 19.4 Å². The summed E-state index contributed by atoms with van der Waals surface area (Å²) >= 11 is 0. The summed E-state index contributed by atoms with van der Waals surface area (Å²) in [7, 11) is -3.44. The number of benzene rings is 1. The standard InChI is InChI=1S/C12H18NO4P.2Na/c1-18(16,17)8-7-11(12(14)15)13-9-10-5-3-2-4-6-10;;/h2-6,11,13H,7-9H2,1H3,(H,14,15)(H,16,17);;/q;2*+1/p-2. The first-order valence-electron chi connectivity index (χ1n) is 5.64. The molecule has 0 saturated carbocycles. The molecule has 20 heavy (non-hydrogen) atoms. The molecule has 0 aliphatic rings. The van der Waals surface area contributed by atoms with E-state index in [0.717, 1.165) is 12.2 Å². The maximum Gasteiger partial charge on any atom is 1.00 e. The van der Waals surface area contributed by atoms with Crippen molar-refractivity contribution in [3.8, 4) is 0 Å². The Balaban J connectivity index is 0. The van der Waals surface area contributed by atoms with Crippen molar-refractivity contribution in [2.45, 2.75) is 19.0 Å². The van der Waals surface area contributed by atoms with Crippen LogP contribution in [0.15, 0.2) is 30.3 Å². The average Bonchev–Trinajstić information content (AvgIpc) is 2.28. The van der Waals surface area contributed by atoms with Crippen LogP contribution in [0.3, 0.4) is 0 Å². The number of nitrogens with one attached hydrogen (secondary N) is 1. The third-order valence-corrected chi connectivity index (χ3v) is 3.57. The fraction of sp³-hybridized carbons (Fsp3) is 0.417. The predicted molar refractivity (Wildman–Crippen MR) is 65.1 cm³/mol. The molecule has 8 heteroatoms. The molecule has 0 aromatic heterocycles. The van der Waals surface area contributed by atoms with Gasteiger partial charge in [0.1, 0.15) is 0 Å². The summed E-state index contributed by atoms with van der Waals surface area (Å²) in [6, 6.07) is 8.33. The number of carbonyl (C=O) groups is 1. The summed E-state index contributed by atoms with van der Waals surface area (Å²) in [5, 5.41) is 13.7. The second-order valence-electron chi connectivity index (χ2n) is 4.26. The smallest absolute Gasteiger partial charge is 0.799 e. The average molecular weight is 315 g/mol. The Morgan fingerprint density at radius 2 is 1.85 bits per heavy atom. The first-order chi connectivity index (χ1) is 8.38. The Labute approximate surface area is 163 Å². The van der Waals surface area contributed by atoms with Gasteiger partial charge in [-0.15, -0.1) is 0 Å². The van der Waals surface area contributed by atoms with Gasteiger partial charge in [0.25, 0.3) is 0 Å². The molecule has 0 amide bonds. The maximum absolute atomic E-state index is 11.0. The molecule has 1 aromatic rings. The van der Waals surface area contributed by atoms with Gasteiger partial charge in [0.05, 0.1) is 5.97 Å². The van der Waals surface area contributed by atoms with Gasteiger partial charge in [-0.1, -0.05) is 30.3 Å². The van der Waals surface area contributed by atoms with E-state index in [4.69, 9.17) is 0 Å². The zero-order valence-electron chi connectivity index (χ0n) is 12.2. The zero-order valence-corrected chi connectivity index (χ0v) is 17.1. The number of carbonyl (C=O) groups excluding carboxylic acids is 1. The molecule has 0 radical (unpaired) electrons. The topological polar surface area (TPSA) is 92.3 Å². The van der Waals surface area contributed by atoms with Gasteiger partial charge in [-0.25, -0.2) is 0 Å². The monoisotopic (exact) mass is 315 g/mol. The van der Waals surface area contributed by atoms with E-state index in [1.165, 1.54) is 0 Å². The number of rotatable bonds is 7. The quantitative estimate of drug-likeness (QED) is 0.399. The molecule has 1 aromatic carbocycles. The third kappa shape index (κ3) is 10.6. The van der Waals surface area contributed by atoms with Crippen molar-refractivity contribution in [1.82, 2.24) is 5.32 Å². The van der Waals surface area contributed by atoms with Crippen molar-refractivity contribution in [1.29, 1.82) is 0 Å². The summed E-state index contributed by atoms with van der Waals surface area (Å²) < 4.78 is 11.0. The molecule has 0 aliphatic heterocycles. The molecule has 0 saturated heterocycles. The van der Waals surface area contributed by atoms with Crippen LogP contribution in [0.4, 0.5) is 0 Å². The van der Waals surface area contributed by atoms with E-state index in [1.807, 2.05) is 30.3 Å². The van der Waals surface area contributed by atoms with Gasteiger partial charge in [-0.2, -0.15) is 0 Å². The van der Waals surface area contributed by atoms with Crippen LogP contribution in [0.2, 0.25) is 0 Å². The first-order valence-corrected chi connectivity index (χ1v) is 7.90. The van der Waals surface area contributed by atoms with E-state index in [1.54, 1.807) is 0 Å². The molecule has 0 heterocycles. The van der Waals surface area contributed by atoms with Crippen LogP contribution >= 0.6 is 7.37 Å². The number of aliphatic carboxylic acids is 1. The number of carboxylic acids is 1. The van der Waals surface area contributed by atoms with Crippen molar-refractivity contribution < 1.29 is 78.5 Å². The third-order valence-electron chi connectivity index (χ3n) is 2.50. The first kappa shape index (κ1) is 23.1. The molecule has 1 N–H and O–H groups in total. The summed E-state index contributed by atoms with van der Waals surface area (Å²) in [6.45, 7) is 1.48. The van der Waals surface area contributed by atoms with Crippen LogP contribution < -0.4 is 74.4 Å². The fourth-order valence-electron chi connectivity index (χ4n) is 1.50. The van der Waals surface area contributed by atoms with E-state index in [2.05, 4.69) is 5.32 Å². The molecule has 2 unspecified atom stereocenters. The summed E-state index contributed by atoms with van der Waals surface area (Å²) in [5.41, 5.74) is 0.936. The van der Waals surface area contributed by atoms with Gasteiger partial charge in [0, 0.05) is 20.0 Å². The normalized spacial score (nSPS) is 14.3. The minimum atomic E-state index is -3.44. The maximum atomic E-state index is 11.0. The summed E-state index contributed by atoms with van der Waals surface area (Å²) in [5.74, 6) is -1.28. The van der Waals surface area contributed by atoms with Crippen LogP contribution in [-0.2, 0) is 15.9 Å². The van der Waals surface area contributed by atoms with Crippen LogP contribution in [0.25, 0.3) is 0 Å². The van der Waals surface area contributed by atoms with E-state index >= 15 is 0 Å². The Hall–Kier alpha value is 0.840. The Bertz CT molecular complexity index is 438. The van der Waals surface area contributed by atoms with Crippen molar-refractivity contribution in [3.05, 3.63) is 35.9 Å². The molecule has 5 nitrogen and oxygen atoms in total. The van der Waals surface area contributed by atoms with Gasteiger partial charge < -0.3 is 24.7 Å². The Morgan fingerprint density at radius 3 is 2.30 bits per heavy atom. The van der Waals surface area contributed by atoms with Crippen molar-refractivity contribution >= 4 is 13.3 Å². The van der Waals surface area contributed by atoms with Gasteiger partial charge >= 0.3 is 59.1 Å². The minimum Gasteiger partial charge on any atom is -0.799 e. The Kier molecular flexibility index (Phi) is 13.2. The van der Waals surface area contributed by atoms with Crippen LogP contribution in [0.1, 0.15) is 12.0 Å². The molecular weight excluding hydrogens is 299 g/mol. The molecule has 100 valence electrons. The zero-order chi connectivity index (χ0) is 13.6. The van der Waals surface area contributed by atoms with Crippen molar-refractivity contribution in [2.75, 3.05) is 12.8 Å². The van der Waals surface area contributed by atoms with Gasteiger partial charge in [0.15, 0.2) is 0 Å². The van der Waals surface area contributed by atoms with Crippen LogP contribution in [0.5, 0.6) is 0 Å². The Morgan fingerprint density at radius 1 is 1.30 bits per heavy atom. The van der Waals surface area contributed by atoms with Gasteiger partial charge in [-0.05, 0) is 24.8 Å². The van der Waals surface area contributed by atoms with Gasteiger partial charge in [-0.3, -0.25) is 0 Å². The van der Waals surface area contributed by atoms with E-state index in [9.17, 15) is 19.4 Å². The number of carboxylic acid groups (broad SMARTS) is 1. The minimum absolute atomic E-state index is 0. The second-order valence-corrected chi connectivity index (χ2v) is 6.74. The van der Waals surface area contributed by atoms with E-state index in [0.29, 0.717) is 6.54 Å². The SMILES string of the molecule is CP(=O)([O-])CCC(NCc1ccccc1)C(=O)[O-].[Na+].[Na+]. The number of hydrogen-bond donors (Lipinski definition) is 1. The molecule has 0 bridgehead atoms. The largest absolute Gasteiger partial charge is 1.00 e. The fourth-order valence-corrected chi connectivity index (χ4v) is 2.23. The molecule has 0 aliphatic carbocycles. The summed E-state index contributed by atoms with van der Waals surface area (Å²) in [4.78, 5) is 21.9. The summed E-state index contributed by atoms with van der Waals surface area (Å²) in [6.07, 6.45) is -0.125.